The van der Waals surface area contributed by atoms with E-state index in [1.165, 1.54) is 12.1 Å². The molecule has 98 valence electrons. The van der Waals surface area contributed by atoms with E-state index < -0.39 is 4.92 Å². The van der Waals surface area contributed by atoms with Gasteiger partial charge in [-0.2, -0.15) is 5.26 Å². The van der Waals surface area contributed by atoms with E-state index in [1.54, 1.807) is 0 Å². The number of carbonyl (C=O) groups is 1. The van der Waals surface area contributed by atoms with Gasteiger partial charge in [-0.05, 0) is 31.1 Å². The van der Waals surface area contributed by atoms with Gasteiger partial charge >= 0.3 is 0 Å². The molecular weight excluding hydrogens is 248 g/mol. The second kappa shape index (κ2) is 5.46. The molecule has 7 heteroatoms. The van der Waals surface area contributed by atoms with Crippen molar-refractivity contribution in [3.8, 4) is 6.07 Å². The van der Waals surface area contributed by atoms with Gasteiger partial charge in [0.25, 0.3) is 5.69 Å². The lowest BCUT2D eigenvalue weighted by atomic mass is 9.99. The topological polar surface area (TPSA) is 108 Å². The number of nitro benzene ring substituents is 1. The summed E-state index contributed by atoms with van der Waals surface area (Å²) in [5.41, 5.74) is 0.0494. The molecule has 19 heavy (non-hydrogen) atoms. The molecule has 0 radical (unpaired) electrons. The van der Waals surface area contributed by atoms with Crippen LogP contribution in [-0.2, 0) is 4.79 Å². The summed E-state index contributed by atoms with van der Waals surface area (Å²) in [6.07, 6.45) is 0.337. The minimum absolute atomic E-state index is 0.126. The first-order valence-electron chi connectivity index (χ1n) is 5.79. The highest BCUT2D eigenvalue weighted by Gasteiger charge is 2.22. The van der Waals surface area contributed by atoms with Crippen LogP contribution in [0.3, 0.4) is 0 Å². The Morgan fingerprint density at radius 2 is 2.32 bits per heavy atom. The summed E-state index contributed by atoms with van der Waals surface area (Å²) in [6.45, 7) is 1.59. The van der Waals surface area contributed by atoms with Gasteiger partial charge in [-0.15, -0.1) is 0 Å². The van der Waals surface area contributed by atoms with E-state index in [4.69, 9.17) is 5.26 Å². The van der Waals surface area contributed by atoms with Crippen LogP contribution in [0.15, 0.2) is 18.2 Å². The lowest BCUT2D eigenvalue weighted by Gasteiger charge is -2.26. The van der Waals surface area contributed by atoms with E-state index in [1.807, 2.05) is 6.07 Å². The normalized spacial score (nSPS) is 14.3. The van der Waals surface area contributed by atoms with Crippen LogP contribution in [0.25, 0.3) is 0 Å². The average molecular weight is 260 g/mol. The van der Waals surface area contributed by atoms with E-state index in [9.17, 15) is 14.9 Å². The SMILES string of the molecule is N#Cc1ccc(NC(=O)CC2CNC2)c([N+](=O)[O-])c1. The quantitative estimate of drug-likeness (QED) is 0.620. The molecule has 2 N–H and O–H groups in total. The summed E-state index contributed by atoms with van der Waals surface area (Å²) >= 11 is 0. The average Bonchev–Trinajstić information content (AvgIpc) is 2.34. The monoisotopic (exact) mass is 260 g/mol. The predicted molar refractivity (Wildman–Crippen MR) is 67.4 cm³/mol. The summed E-state index contributed by atoms with van der Waals surface area (Å²) < 4.78 is 0. The second-order valence-corrected chi connectivity index (χ2v) is 4.38. The maximum absolute atomic E-state index is 11.7. The van der Waals surface area contributed by atoms with Crippen molar-refractivity contribution in [3.63, 3.8) is 0 Å². The number of anilines is 1. The van der Waals surface area contributed by atoms with Crippen LogP contribution in [0.5, 0.6) is 0 Å². The van der Waals surface area contributed by atoms with Gasteiger partial charge in [0.05, 0.1) is 16.6 Å². The van der Waals surface area contributed by atoms with Crippen molar-refractivity contribution in [1.29, 1.82) is 5.26 Å². The number of nitro groups is 1. The van der Waals surface area contributed by atoms with E-state index in [0.717, 1.165) is 19.2 Å². The standard InChI is InChI=1S/C12H12N4O3/c13-5-8-1-2-10(11(3-8)16(18)19)15-12(17)4-9-6-14-7-9/h1-3,9,14H,4,6-7H2,(H,15,17). The lowest BCUT2D eigenvalue weighted by molar-refractivity contribution is -0.383. The Labute approximate surface area is 109 Å². The molecule has 1 aromatic carbocycles. The number of hydrogen-bond donors (Lipinski definition) is 2. The highest BCUT2D eigenvalue weighted by Crippen LogP contribution is 2.25. The van der Waals surface area contributed by atoms with Gasteiger partial charge in [-0.3, -0.25) is 14.9 Å². The molecule has 7 nitrogen and oxygen atoms in total. The maximum atomic E-state index is 11.7. The molecule has 1 aliphatic heterocycles. The summed E-state index contributed by atoms with van der Waals surface area (Å²) in [5.74, 6) is 0.0387. The van der Waals surface area contributed by atoms with Gasteiger partial charge < -0.3 is 10.6 Å². The Balaban J connectivity index is 2.12. The molecule has 0 aliphatic carbocycles. The lowest BCUT2D eigenvalue weighted by Crippen LogP contribution is -2.43. The molecule has 0 unspecified atom stereocenters. The Bertz CT molecular complexity index is 561. The molecule has 0 bridgehead atoms. The molecule has 1 saturated heterocycles. The third kappa shape index (κ3) is 3.05. The Morgan fingerprint density at radius 1 is 1.58 bits per heavy atom. The number of benzene rings is 1. The van der Waals surface area contributed by atoms with Gasteiger partial charge in [0.1, 0.15) is 5.69 Å². The van der Waals surface area contributed by atoms with Crippen molar-refractivity contribution >= 4 is 17.3 Å². The Hall–Kier alpha value is -2.46. The van der Waals surface area contributed by atoms with Crippen molar-refractivity contribution in [2.24, 2.45) is 5.92 Å². The second-order valence-electron chi connectivity index (χ2n) is 4.38. The molecule has 0 atom stereocenters. The van der Waals surface area contributed by atoms with Crippen molar-refractivity contribution in [2.75, 3.05) is 18.4 Å². The van der Waals surface area contributed by atoms with Crippen molar-refractivity contribution in [1.82, 2.24) is 5.32 Å². The first-order valence-corrected chi connectivity index (χ1v) is 5.79. The zero-order valence-corrected chi connectivity index (χ0v) is 10.0. The molecule has 0 saturated carbocycles. The van der Waals surface area contributed by atoms with Crippen molar-refractivity contribution < 1.29 is 9.72 Å². The number of rotatable bonds is 4. The van der Waals surface area contributed by atoms with E-state index in [-0.39, 0.29) is 28.8 Å². The van der Waals surface area contributed by atoms with E-state index >= 15 is 0 Å². The van der Waals surface area contributed by atoms with Crippen molar-refractivity contribution in [2.45, 2.75) is 6.42 Å². The summed E-state index contributed by atoms with van der Waals surface area (Å²) in [6, 6.07) is 5.80. The van der Waals surface area contributed by atoms with E-state index in [0.29, 0.717) is 6.42 Å². The van der Waals surface area contributed by atoms with Crippen LogP contribution in [0.2, 0.25) is 0 Å². The van der Waals surface area contributed by atoms with E-state index in [2.05, 4.69) is 10.6 Å². The van der Waals surface area contributed by atoms with Gasteiger partial charge in [0.2, 0.25) is 5.91 Å². The van der Waals surface area contributed by atoms with Gasteiger partial charge in [-0.1, -0.05) is 0 Å². The summed E-state index contributed by atoms with van der Waals surface area (Å²) in [4.78, 5) is 22.0. The molecule has 1 heterocycles. The van der Waals surface area contributed by atoms with Gasteiger partial charge in [-0.25, -0.2) is 0 Å². The largest absolute Gasteiger partial charge is 0.320 e. The first-order chi connectivity index (χ1) is 9.10. The minimum atomic E-state index is -0.610. The molecule has 1 amide bonds. The van der Waals surface area contributed by atoms with Crippen LogP contribution < -0.4 is 10.6 Å². The van der Waals surface area contributed by atoms with Crippen LogP contribution in [0, 0.1) is 27.4 Å². The fourth-order valence-corrected chi connectivity index (χ4v) is 1.81. The number of nitrogens with one attached hydrogen (secondary N) is 2. The highest BCUT2D eigenvalue weighted by atomic mass is 16.6. The minimum Gasteiger partial charge on any atom is -0.320 e. The molecular formula is C12H12N4O3. The Morgan fingerprint density at radius 3 is 2.84 bits per heavy atom. The first kappa shape index (κ1) is 13.0. The van der Waals surface area contributed by atoms with Crippen LogP contribution >= 0.6 is 0 Å². The maximum Gasteiger partial charge on any atom is 0.294 e. The third-order valence-corrected chi connectivity index (χ3v) is 2.94. The zero-order valence-electron chi connectivity index (χ0n) is 10.0. The number of hydrogen-bond acceptors (Lipinski definition) is 5. The molecule has 1 fully saturated rings. The molecule has 1 aliphatic rings. The summed E-state index contributed by atoms with van der Waals surface area (Å²) in [5, 5.41) is 25.2. The third-order valence-electron chi connectivity index (χ3n) is 2.94. The van der Waals surface area contributed by atoms with Gasteiger partial charge in [0, 0.05) is 12.5 Å². The number of nitriles is 1. The predicted octanol–water partition coefficient (Wildman–Crippen LogP) is 1.01. The molecule has 0 aromatic heterocycles. The number of nitrogens with zero attached hydrogens (tertiary/aromatic N) is 2. The summed E-state index contributed by atoms with van der Waals surface area (Å²) in [7, 11) is 0. The van der Waals surface area contributed by atoms with Gasteiger partial charge in [0.15, 0.2) is 0 Å². The highest BCUT2D eigenvalue weighted by molar-refractivity contribution is 5.93. The number of amides is 1. The molecule has 1 aromatic rings. The molecule has 0 spiro atoms. The van der Waals surface area contributed by atoms with Crippen LogP contribution in [0.1, 0.15) is 12.0 Å². The zero-order chi connectivity index (χ0) is 13.8. The van der Waals surface area contributed by atoms with Crippen molar-refractivity contribution in [3.05, 3.63) is 33.9 Å². The Kier molecular flexibility index (Phi) is 3.73. The fraction of sp³-hybridized carbons (Fsp3) is 0.333. The number of carbonyl (C=O) groups excluding carboxylic acids is 1. The van der Waals surface area contributed by atoms with Crippen LogP contribution in [0.4, 0.5) is 11.4 Å². The van der Waals surface area contributed by atoms with Crippen LogP contribution in [-0.4, -0.2) is 23.9 Å². The fourth-order valence-electron chi connectivity index (χ4n) is 1.81. The molecule has 2 rings (SSSR count). The smallest absolute Gasteiger partial charge is 0.294 e.